The normalized spacial score (nSPS) is 10.2. The Morgan fingerprint density at radius 2 is 2.05 bits per heavy atom. The number of carboxylic acids is 1. The van der Waals surface area contributed by atoms with Gasteiger partial charge in [-0.3, -0.25) is 0 Å². The van der Waals surface area contributed by atoms with Crippen LogP contribution >= 0.6 is 0 Å². The predicted molar refractivity (Wildman–Crippen MR) is 77.9 cm³/mol. The maximum Gasteiger partial charge on any atom is 0.339 e. The number of aromatic amines is 1. The van der Waals surface area contributed by atoms with E-state index in [1.54, 1.807) is 0 Å². The highest BCUT2D eigenvalue weighted by Crippen LogP contribution is 2.25. The van der Waals surface area contributed by atoms with E-state index in [2.05, 4.69) is 11.6 Å². The first-order chi connectivity index (χ1) is 9.47. The van der Waals surface area contributed by atoms with Crippen LogP contribution in [0.1, 0.15) is 17.3 Å². The monoisotopic (exact) mass is 272 g/mol. The summed E-state index contributed by atoms with van der Waals surface area (Å²) in [4.78, 5) is 13.8. The van der Waals surface area contributed by atoms with E-state index in [0.29, 0.717) is 12.3 Å². The van der Waals surface area contributed by atoms with Crippen molar-refractivity contribution in [1.29, 1.82) is 0 Å². The summed E-state index contributed by atoms with van der Waals surface area (Å²) in [6.45, 7) is 6.13. The summed E-state index contributed by atoms with van der Waals surface area (Å²) in [5, 5.41) is 8.96. The topological polar surface area (TPSA) is 88.3 Å². The summed E-state index contributed by atoms with van der Waals surface area (Å²) in [6.07, 6.45) is 0. The first-order valence-electron chi connectivity index (χ1n) is 6.07. The van der Waals surface area contributed by atoms with Crippen LogP contribution in [0.5, 0.6) is 5.75 Å². The van der Waals surface area contributed by atoms with Crippen LogP contribution in [0.4, 0.5) is 5.82 Å². The van der Waals surface area contributed by atoms with Crippen molar-refractivity contribution in [3.05, 3.63) is 48.0 Å². The quantitative estimate of drug-likeness (QED) is 0.730. The zero-order valence-corrected chi connectivity index (χ0v) is 11.1. The van der Waals surface area contributed by atoms with Crippen LogP contribution < -0.4 is 10.5 Å². The SMILES string of the molecule is C=C(C)COc1ccc(-c2cc(C(=O)O)c(N)[nH]2)cc1. The van der Waals surface area contributed by atoms with Crippen molar-refractivity contribution >= 4 is 11.8 Å². The van der Waals surface area contributed by atoms with Gasteiger partial charge in [0.2, 0.25) is 0 Å². The molecule has 0 fully saturated rings. The summed E-state index contributed by atoms with van der Waals surface area (Å²) < 4.78 is 5.50. The number of carbonyl (C=O) groups is 1. The number of ether oxygens (including phenoxy) is 1. The van der Waals surface area contributed by atoms with Gasteiger partial charge in [-0.2, -0.15) is 0 Å². The lowest BCUT2D eigenvalue weighted by molar-refractivity contribution is 0.0698. The minimum atomic E-state index is -1.05. The van der Waals surface area contributed by atoms with Crippen LogP contribution in [0.2, 0.25) is 0 Å². The third kappa shape index (κ3) is 3.00. The molecule has 0 bridgehead atoms. The van der Waals surface area contributed by atoms with E-state index in [-0.39, 0.29) is 11.4 Å². The third-order valence-corrected chi connectivity index (χ3v) is 2.73. The molecule has 0 aliphatic carbocycles. The smallest absolute Gasteiger partial charge is 0.339 e. The number of anilines is 1. The Hall–Kier alpha value is -2.69. The molecule has 0 atom stereocenters. The summed E-state index contributed by atoms with van der Waals surface area (Å²) >= 11 is 0. The van der Waals surface area contributed by atoms with E-state index in [1.165, 1.54) is 6.07 Å². The fourth-order valence-electron chi connectivity index (χ4n) is 1.74. The van der Waals surface area contributed by atoms with Gasteiger partial charge in [-0.05, 0) is 48.4 Å². The summed E-state index contributed by atoms with van der Waals surface area (Å²) in [5.41, 5.74) is 8.13. The highest BCUT2D eigenvalue weighted by atomic mass is 16.5. The first kappa shape index (κ1) is 13.7. The van der Waals surface area contributed by atoms with Gasteiger partial charge in [-0.1, -0.05) is 6.58 Å². The van der Waals surface area contributed by atoms with E-state index in [4.69, 9.17) is 15.6 Å². The Labute approximate surface area is 116 Å². The molecular formula is C15H16N2O3. The maximum atomic E-state index is 10.9. The lowest BCUT2D eigenvalue weighted by atomic mass is 10.1. The summed E-state index contributed by atoms with van der Waals surface area (Å²) in [6, 6.07) is 8.82. The van der Waals surface area contributed by atoms with Crippen molar-refractivity contribution in [2.45, 2.75) is 6.92 Å². The second kappa shape index (κ2) is 5.52. The number of aromatic carboxylic acids is 1. The number of nitrogens with one attached hydrogen (secondary N) is 1. The molecule has 2 aromatic rings. The first-order valence-corrected chi connectivity index (χ1v) is 6.07. The third-order valence-electron chi connectivity index (χ3n) is 2.73. The molecule has 0 unspecified atom stereocenters. The minimum absolute atomic E-state index is 0.0719. The number of rotatable bonds is 5. The zero-order valence-electron chi connectivity index (χ0n) is 11.1. The van der Waals surface area contributed by atoms with Crippen molar-refractivity contribution in [2.75, 3.05) is 12.3 Å². The van der Waals surface area contributed by atoms with Gasteiger partial charge >= 0.3 is 5.97 Å². The molecule has 0 amide bonds. The molecule has 0 radical (unpaired) electrons. The number of hydrogen-bond acceptors (Lipinski definition) is 3. The Balaban J connectivity index is 2.19. The van der Waals surface area contributed by atoms with Gasteiger partial charge < -0.3 is 20.6 Å². The number of H-pyrrole nitrogens is 1. The van der Waals surface area contributed by atoms with Crippen molar-refractivity contribution in [1.82, 2.24) is 4.98 Å². The molecule has 0 saturated carbocycles. The van der Waals surface area contributed by atoms with Gasteiger partial charge in [-0.15, -0.1) is 0 Å². The van der Waals surface area contributed by atoms with Gasteiger partial charge in [0.05, 0.1) is 0 Å². The molecule has 1 aromatic carbocycles. The molecule has 1 heterocycles. The zero-order chi connectivity index (χ0) is 14.7. The van der Waals surface area contributed by atoms with Crippen molar-refractivity contribution in [3.8, 4) is 17.0 Å². The van der Waals surface area contributed by atoms with E-state index < -0.39 is 5.97 Å². The number of aromatic nitrogens is 1. The maximum absolute atomic E-state index is 10.9. The Morgan fingerprint density at radius 1 is 1.40 bits per heavy atom. The Bertz CT molecular complexity index is 642. The van der Waals surface area contributed by atoms with Crippen LogP contribution in [0, 0.1) is 0 Å². The van der Waals surface area contributed by atoms with Gasteiger partial charge in [0.25, 0.3) is 0 Å². The fourth-order valence-corrected chi connectivity index (χ4v) is 1.74. The average Bonchev–Trinajstić information content (AvgIpc) is 2.79. The molecule has 104 valence electrons. The van der Waals surface area contributed by atoms with E-state index >= 15 is 0 Å². The largest absolute Gasteiger partial charge is 0.489 e. The molecule has 0 aliphatic heterocycles. The van der Waals surface area contributed by atoms with Crippen LogP contribution in [0.25, 0.3) is 11.3 Å². The standard InChI is InChI=1S/C15H16N2O3/c1-9(2)8-20-11-5-3-10(4-6-11)13-7-12(15(18)19)14(16)17-13/h3-7,17H,1,8,16H2,2H3,(H,18,19). The van der Waals surface area contributed by atoms with Crippen molar-refractivity contribution in [3.63, 3.8) is 0 Å². The van der Waals surface area contributed by atoms with Crippen LogP contribution in [-0.4, -0.2) is 22.7 Å². The van der Waals surface area contributed by atoms with E-state index in [9.17, 15) is 4.79 Å². The molecule has 4 N–H and O–H groups in total. The number of nitrogens with two attached hydrogens (primary N) is 1. The second-order valence-electron chi connectivity index (χ2n) is 4.59. The average molecular weight is 272 g/mol. The summed E-state index contributed by atoms with van der Waals surface area (Å²) in [7, 11) is 0. The van der Waals surface area contributed by atoms with Crippen LogP contribution in [-0.2, 0) is 0 Å². The number of hydrogen-bond donors (Lipinski definition) is 3. The van der Waals surface area contributed by atoms with E-state index in [0.717, 1.165) is 16.9 Å². The van der Waals surface area contributed by atoms with Gasteiger partial charge in [-0.25, -0.2) is 4.79 Å². The molecule has 0 saturated heterocycles. The van der Waals surface area contributed by atoms with Crippen molar-refractivity contribution in [2.24, 2.45) is 0 Å². The highest BCUT2D eigenvalue weighted by Gasteiger charge is 2.12. The lowest BCUT2D eigenvalue weighted by Gasteiger charge is -2.06. The fraction of sp³-hybridized carbons (Fsp3) is 0.133. The van der Waals surface area contributed by atoms with E-state index in [1.807, 2.05) is 31.2 Å². The molecule has 20 heavy (non-hydrogen) atoms. The van der Waals surface area contributed by atoms with Gasteiger partial charge in [0.15, 0.2) is 0 Å². The molecule has 0 aliphatic rings. The van der Waals surface area contributed by atoms with Crippen molar-refractivity contribution < 1.29 is 14.6 Å². The lowest BCUT2D eigenvalue weighted by Crippen LogP contribution is -1.98. The molecule has 2 rings (SSSR count). The number of nitrogen functional groups attached to an aromatic ring is 1. The minimum Gasteiger partial charge on any atom is -0.489 e. The molecule has 5 heteroatoms. The molecule has 5 nitrogen and oxygen atoms in total. The molecular weight excluding hydrogens is 256 g/mol. The predicted octanol–water partition coefficient (Wildman–Crippen LogP) is 2.92. The Morgan fingerprint density at radius 3 is 2.55 bits per heavy atom. The number of benzene rings is 1. The molecule has 0 spiro atoms. The molecule has 1 aromatic heterocycles. The summed E-state index contributed by atoms with van der Waals surface area (Å²) in [5.74, 6) is -0.170. The highest BCUT2D eigenvalue weighted by molar-refractivity contribution is 5.94. The second-order valence-corrected chi connectivity index (χ2v) is 4.59. The van der Waals surface area contributed by atoms with Crippen LogP contribution in [0.3, 0.4) is 0 Å². The number of carboxylic acid groups (broad SMARTS) is 1. The van der Waals surface area contributed by atoms with Gasteiger partial charge in [0.1, 0.15) is 23.7 Å². The Kier molecular flexibility index (Phi) is 3.79. The van der Waals surface area contributed by atoms with Gasteiger partial charge in [0, 0.05) is 5.69 Å². The van der Waals surface area contributed by atoms with Crippen LogP contribution in [0.15, 0.2) is 42.5 Å².